The van der Waals surface area contributed by atoms with Gasteiger partial charge in [-0.05, 0) is 37.0 Å². The van der Waals surface area contributed by atoms with E-state index in [1.54, 1.807) is 0 Å². The lowest BCUT2D eigenvalue weighted by molar-refractivity contribution is -0.112. The number of carbonyl (C=O) groups excluding carboxylic acids is 1. The molecule has 0 radical (unpaired) electrons. The molecule has 1 unspecified atom stereocenters. The zero-order chi connectivity index (χ0) is 14.4. The zero-order valence-corrected chi connectivity index (χ0v) is 12.2. The number of hydrogen-bond donors (Lipinski definition) is 1. The molecule has 4 heteroatoms. The van der Waals surface area contributed by atoms with E-state index in [9.17, 15) is 4.79 Å². The highest BCUT2D eigenvalue weighted by molar-refractivity contribution is 5.63. The summed E-state index contributed by atoms with van der Waals surface area (Å²) in [5.74, 6) is 0. The van der Waals surface area contributed by atoms with Crippen molar-refractivity contribution < 1.29 is 9.53 Å². The summed E-state index contributed by atoms with van der Waals surface area (Å²) < 4.78 is 5.36. The Morgan fingerprint density at radius 2 is 1.95 bits per heavy atom. The number of rotatable bonds is 6. The first-order valence-electron chi connectivity index (χ1n) is 7.34. The number of hydrogen-bond acceptors (Lipinski definition) is 4. The molecule has 0 amide bonds. The molecule has 2 rings (SSSR count). The van der Waals surface area contributed by atoms with Crippen molar-refractivity contribution in [3.05, 3.63) is 29.8 Å². The van der Waals surface area contributed by atoms with Gasteiger partial charge in [-0.3, -0.25) is 0 Å². The molecule has 0 saturated carbocycles. The Bertz CT molecular complexity index is 427. The van der Waals surface area contributed by atoms with Crippen LogP contribution in [-0.4, -0.2) is 38.1 Å². The zero-order valence-electron chi connectivity index (χ0n) is 12.2. The van der Waals surface area contributed by atoms with Gasteiger partial charge in [0.1, 0.15) is 6.29 Å². The summed E-state index contributed by atoms with van der Waals surface area (Å²) in [4.78, 5) is 13.3. The van der Waals surface area contributed by atoms with Crippen molar-refractivity contribution in [1.29, 1.82) is 0 Å². The number of nitrogens with zero attached hydrogens (tertiary/aromatic N) is 1. The first-order chi connectivity index (χ1) is 9.67. The topological polar surface area (TPSA) is 55.6 Å². The van der Waals surface area contributed by atoms with Crippen LogP contribution < -0.4 is 10.6 Å². The monoisotopic (exact) mass is 276 g/mol. The second kappa shape index (κ2) is 6.86. The van der Waals surface area contributed by atoms with Gasteiger partial charge in [-0.15, -0.1) is 0 Å². The van der Waals surface area contributed by atoms with E-state index in [1.165, 1.54) is 11.3 Å². The lowest BCUT2D eigenvalue weighted by atomic mass is 9.91. The van der Waals surface area contributed by atoms with Gasteiger partial charge < -0.3 is 20.2 Å². The maximum atomic E-state index is 11.0. The second-order valence-electron chi connectivity index (χ2n) is 5.47. The number of benzene rings is 1. The fourth-order valence-electron chi connectivity index (χ4n) is 2.39. The van der Waals surface area contributed by atoms with Crippen molar-refractivity contribution in [2.24, 2.45) is 5.73 Å². The standard InChI is InChI=1S/C16H24N2O2/c1-2-16(17,13-19)8-7-14-3-5-15(6-4-14)18-9-11-20-12-10-18/h3-6,13H,2,7-12,17H2,1H3. The number of anilines is 1. The molecule has 0 spiro atoms. The van der Waals surface area contributed by atoms with E-state index >= 15 is 0 Å². The summed E-state index contributed by atoms with van der Waals surface area (Å²) in [6.45, 7) is 5.45. The first kappa shape index (κ1) is 15.0. The molecule has 4 nitrogen and oxygen atoms in total. The highest BCUT2D eigenvalue weighted by Gasteiger charge is 2.21. The van der Waals surface area contributed by atoms with Crippen LogP contribution in [-0.2, 0) is 16.0 Å². The van der Waals surface area contributed by atoms with E-state index in [0.717, 1.165) is 39.0 Å². The SMILES string of the molecule is CCC(N)(C=O)CCc1ccc(N2CCOCC2)cc1. The normalized spacial score (nSPS) is 18.6. The molecule has 0 bridgehead atoms. The van der Waals surface area contributed by atoms with Crippen LogP contribution in [0.1, 0.15) is 25.3 Å². The van der Waals surface area contributed by atoms with Crippen LogP contribution in [0, 0.1) is 0 Å². The Balaban J connectivity index is 1.92. The molecule has 1 aliphatic rings. The average Bonchev–Trinajstić information content (AvgIpc) is 2.54. The van der Waals surface area contributed by atoms with Gasteiger partial charge >= 0.3 is 0 Å². The number of morpholine rings is 1. The van der Waals surface area contributed by atoms with Crippen LogP contribution in [0.15, 0.2) is 24.3 Å². The Kier molecular flexibility index (Phi) is 5.15. The molecule has 1 aromatic rings. The maximum Gasteiger partial charge on any atom is 0.139 e. The van der Waals surface area contributed by atoms with Crippen molar-refractivity contribution >= 4 is 12.0 Å². The summed E-state index contributed by atoms with van der Waals surface area (Å²) in [5.41, 5.74) is 7.79. The molecule has 1 atom stereocenters. The van der Waals surface area contributed by atoms with Crippen molar-refractivity contribution in [2.75, 3.05) is 31.2 Å². The van der Waals surface area contributed by atoms with Crippen molar-refractivity contribution in [1.82, 2.24) is 0 Å². The Morgan fingerprint density at radius 1 is 1.30 bits per heavy atom. The van der Waals surface area contributed by atoms with Crippen LogP contribution in [0.2, 0.25) is 0 Å². The van der Waals surface area contributed by atoms with Crippen LogP contribution in [0.4, 0.5) is 5.69 Å². The fraction of sp³-hybridized carbons (Fsp3) is 0.562. The van der Waals surface area contributed by atoms with Crippen molar-refractivity contribution in [3.63, 3.8) is 0 Å². The molecule has 110 valence electrons. The van der Waals surface area contributed by atoms with Crippen molar-refractivity contribution in [2.45, 2.75) is 31.7 Å². The molecule has 1 fully saturated rings. The van der Waals surface area contributed by atoms with Crippen LogP contribution in [0.3, 0.4) is 0 Å². The molecule has 1 heterocycles. The number of ether oxygens (including phenoxy) is 1. The predicted molar refractivity (Wildman–Crippen MR) is 81.1 cm³/mol. The van der Waals surface area contributed by atoms with Gasteiger partial charge in [-0.1, -0.05) is 19.1 Å². The number of aldehydes is 1. The van der Waals surface area contributed by atoms with E-state index in [-0.39, 0.29) is 0 Å². The smallest absolute Gasteiger partial charge is 0.139 e. The molecule has 1 aromatic carbocycles. The molecule has 0 aromatic heterocycles. The summed E-state index contributed by atoms with van der Waals surface area (Å²) in [6, 6.07) is 8.55. The minimum Gasteiger partial charge on any atom is -0.378 e. The first-order valence-corrected chi connectivity index (χ1v) is 7.34. The second-order valence-corrected chi connectivity index (χ2v) is 5.47. The average molecular weight is 276 g/mol. The third kappa shape index (κ3) is 3.81. The van der Waals surface area contributed by atoms with Crippen LogP contribution in [0.5, 0.6) is 0 Å². The molecule has 2 N–H and O–H groups in total. The summed E-state index contributed by atoms with van der Waals surface area (Å²) >= 11 is 0. The van der Waals surface area contributed by atoms with Crippen molar-refractivity contribution in [3.8, 4) is 0 Å². The van der Waals surface area contributed by atoms with E-state index in [2.05, 4.69) is 29.2 Å². The van der Waals surface area contributed by atoms with E-state index in [4.69, 9.17) is 10.5 Å². The number of carbonyl (C=O) groups is 1. The Morgan fingerprint density at radius 3 is 2.50 bits per heavy atom. The van der Waals surface area contributed by atoms with E-state index < -0.39 is 5.54 Å². The summed E-state index contributed by atoms with van der Waals surface area (Å²) in [7, 11) is 0. The van der Waals surface area contributed by atoms with Gasteiger partial charge in [-0.2, -0.15) is 0 Å². The van der Waals surface area contributed by atoms with Crippen LogP contribution >= 0.6 is 0 Å². The van der Waals surface area contributed by atoms with E-state index in [0.29, 0.717) is 12.8 Å². The quantitative estimate of drug-likeness (QED) is 0.804. The Labute approximate surface area is 120 Å². The summed E-state index contributed by atoms with van der Waals surface area (Å²) in [5, 5.41) is 0. The maximum absolute atomic E-state index is 11.0. The minimum atomic E-state index is -0.678. The molecule has 0 aliphatic carbocycles. The fourth-order valence-corrected chi connectivity index (χ4v) is 2.39. The Hall–Kier alpha value is -1.39. The van der Waals surface area contributed by atoms with Gasteiger partial charge in [0.2, 0.25) is 0 Å². The third-order valence-electron chi connectivity index (χ3n) is 4.08. The van der Waals surface area contributed by atoms with Gasteiger partial charge in [-0.25, -0.2) is 0 Å². The van der Waals surface area contributed by atoms with E-state index in [1.807, 2.05) is 6.92 Å². The number of nitrogens with two attached hydrogens (primary N) is 1. The minimum absolute atomic E-state index is 0.678. The largest absolute Gasteiger partial charge is 0.378 e. The third-order valence-corrected chi connectivity index (χ3v) is 4.08. The molecular formula is C16H24N2O2. The number of aryl methyl sites for hydroxylation is 1. The van der Waals surface area contributed by atoms with Crippen LogP contribution in [0.25, 0.3) is 0 Å². The molecular weight excluding hydrogens is 252 g/mol. The van der Waals surface area contributed by atoms with Gasteiger partial charge in [0, 0.05) is 18.8 Å². The lowest BCUT2D eigenvalue weighted by Gasteiger charge is -2.29. The molecule has 1 saturated heterocycles. The van der Waals surface area contributed by atoms with Gasteiger partial charge in [0.15, 0.2) is 0 Å². The highest BCUT2D eigenvalue weighted by Crippen LogP contribution is 2.19. The molecule has 1 aliphatic heterocycles. The lowest BCUT2D eigenvalue weighted by Crippen LogP contribution is -2.41. The molecule has 20 heavy (non-hydrogen) atoms. The highest BCUT2D eigenvalue weighted by atomic mass is 16.5. The van der Waals surface area contributed by atoms with Gasteiger partial charge in [0.05, 0.1) is 18.8 Å². The summed E-state index contributed by atoms with van der Waals surface area (Å²) in [6.07, 6.45) is 3.10. The predicted octanol–water partition coefficient (Wildman–Crippen LogP) is 1.76. The van der Waals surface area contributed by atoms with Gasteiger partial charge in [0.25, 0.3) is 0 Å².